The number of guanidine groups is 1. The van der Waals surface area contributed by atoms with Gasteiger partial charge in [0.25, 0.3) is 0 Å². The van der Waals surface area contributed by atoms with Gasteiger partial charge in [0.15, 0.2) is 5.96 Å². The van der Waals surface area contributed by atoms with Crippen LogP contribution in [0.2, 0.25) is 0 Å². The average molecular weight is 296 g/mol. The van der Waals surface area contributed by atoms with Gasteiger partial charge < -0.3 is 10.2 Å². The van der Waals surface area contributed by atoms with Crippen LogP contribution in [0, 0.1) is 6.92 Å². The number of benzene rings is 1. The maximum Gasteiger partial charge on any atom is 0.193 e. The number of hydrogen-bond donors (Lipinski definition) is 1. The Morgan fingerprint density at radius 2 is 1.95 bits per heavy atom. The smallest absolute Gasteiger partial charge is 0.193 e. The SMILES string of the molecule is CN=C(NCCc1ccccn1)N(C)Cc1ccccc1C. The molecule has 0 aliphatic carbocycles. The second kappa shape index (κ2) is 8.17. The van der Waals surface area contributed by atoms with Gasteiger partial charge in [0.2, 0.25) is 0 Å². The van der Waals surface area contributed by atoms with Crippen molar-refractivity contribution in [3.05, 3.63) is 65.5 Å². The summed E-state index contributed by atoms with van der Waals surface area (Å²) in [6.07, 6.45) is 2.71. The third kappa shape index (κ3) is 4.58. The number of aliphatic imine (C=N–C) groups is 1. The number of rotatable bonds is 5. The number of nitrogens with one attached hydrogen (secondary N) is 1. The fraction of sp³-hybridized carbons (Fsp3) is 0.333. The summed E-state index contributed by atoms with van der Waals surface area (Å²) in [5.41, 5.74) is 3.71. The Morgan fingerprint density at radius 1 is 1.18 bits per heavy atom. The van der Waals surface area contributed by atoms with Crippen molar-refractivity contribution in [1.82, 2.24) is 15.2 Å². The van der Waals surface area contributed by atoms with Gasteiger partial charge in [-0.1, -0.05) is 30.3 Å². The quantitative estimate of drug-likeness (QED) is 0.681. The van der Waals surface area contributed by atoms with Gasteiger partial charge in [-0.2, -0.15) is 0 Å². The lowest BCUT2D eigenvalue weighted by atomic mass is 10.1. The van der Waals surface area contributed by atoms with Crippen LogP contribution in [0.15, 0.2) is 53.7 Å². The van der Waals surface area contributed by atoms with Gasteiger partial charge >= 0.3 is 0 Å². The molecule has 0 atom stereocenters. The minimum Gasteiger partial charge on any atom is -0.356 e. The van der Waals surface area contributed by atoms with Crippen molar-refractivity contribution < 1.29 is 0 Å². The van der Waals surface area contributed by atoms with Crippen LogP contribution in [0.4, 0.5) is 0 Å². The van der Waals surface area contributed by atoms with Gasteiger partial charge in [0.1, 0.15) is 0 Å². The lowest BCUT2D eigenvalue weighted by Crippen LogP contribution is -2.39. The van der Waals surface area contributed by atoms with Crippen molar-refractivity contribution in [2.24, 2.45) is 4.99 Å². The van der Waals surface area contributed by atoms with E-state index < -0.39 is 0 Å². The number of hydrogen-bond acceptors (Lipinski definition) is 2. The van der Waals surface area contributed by atoms with Gasteiger partial charge in [-0.3, -0.25) is 9.98 Å². The normalized spacial score (nSPS) is 11.3. The zero-order valence-electron chi connectivity index (χ0n) is 13.6. The van der Waals surface area contributed by atoms with E-state index in [4.69, 9.17) is 0 Å². The van der Waals surface area contributed by atoms with Crippen LogP contribution in [0.3, 0.4) is 0 Å². The first kappa shape index (κ1) is 16.0. The molecule has 1 N–H and O–H groups in total. The van der Waals surface area contributed by atoms with Gasteiger partial charge in [0, 0.05) is 45.5 Å². The second-order valence-electron chi connectivity index (χ2n) is 5.33. The van der Waals surface area contributed by atoms with Crippen molar-refractivity contribution in [2.75, 3.05) is 20.6 Å². The summed E-state index contributed by atoms with van der Waals surface area (Å²) in [5, 5.41) is 3.39. The van der Waals surface area contributed by atoms with E-state index >= 15 is 0 Å². The molecule has 0 fully saturated rings. The van der Waals surface area contributed by atoms with Gasteiger partial charge in [0.05, 0.1) is 0 Å². The van der Waals surface area contributed by atoms with Crippen molar-refractivity contribution >= 4 is 5.96 Å². The summed E-state index contributed by atoms with van der Waals surface area (Å²) < 4.78 is 0. The minimum atomic E-state index is 0.821. The summed E-state index contributed by atoms with van der Waals surface area (Å²) >= 11 is 0. The van der Waals surface area contributed by atoms with E-state index in [0.717, 1.165) is 31.2 Å². The Hall–Kier alpha value is -2.36. The molecule has 4 nitrogen and oxygen atoms in total. The first-order chi connectivity index (χ1) is 10.7. The molecule has 116 valence electrons. The Bertz CT molecular complexity index is 607. The maximum absolute atomic E-state index is 4.36. The molecule has 0 bridgehead atoms. The van der Waals surface area contributed by atoms with Crippen LogP contribution < -0.4 is 5.32 Å². The third-order valence-corrected chi connectivity index (χ3v) is 3.63. The lowest BCUT2D eigenvalue weighted by molar-refractivity contribution is 0.476. The van der Waals surface area contributed by atoms with Crippen LogP contribution in [0.5, 0.6) is 0 Å². The summed E-state index contributed by atoms with van der Waals surface area (Å²) in [4.78, 5) is 10.8. The minimum absolute atomic E-state index is 0.821. The van der Waals surface area contributed by atoms with E-state index in [-0.39, 0.29) is 0 Å². The number of pyridine rings is 1. The molecule has 0 aliphatic rings. The molecule has 0 spiro atoms. The monoisotopic (exact) mass is 296 g/mol. The standard InChI is InChI=1S/C18H24N4/c1-15-8-4-5-9-16(15)14-22(3)18(19-2)21-13-11-17-10-6-7-12-20-17/h4-10,12H,11,13-14H2,1-3H3,(H,19,21). The predicted molar refractivity (Wildman–Crippen MR) is 91.9 cm³/mol. The van der Waals surface area contributed by atoms with E-state index in [9.17, 15) is 0 Å². The van der Waals surface area contributed by atoms with Crippen molar-refractivity contribution in [2.45, 2.75) is 19.9 Å². The molecule has 1 heterocycles. The maximum atomic E-state index is 4.36. The van der Waals surface area contributed by atoms with Crippen LogP contribution in [0.25, 0.3) is 0 Å². The van der Waals surface area contributed by atoms with Crippen LogP contribution in [-0.4, -0.2) is 36.5 Å². The summed E-state index contributed by atoms with van der Waals surface area (Å²) in [5.74, 6) is 0.902. The fourth-order valence-electron chi connectivity index (χ4n) is 2.35. The number of aryl methyl sites for hydroxylation is 1. The highest BCUT2D eigenvalue weighted by atomic mass is 15.3. The highest BCUT2D eigenvalue weighted by Gasteiger charge is 2.07. The third-order valence-electron chi connectivity index (χ3n) is 3.63. The van der Waals surface area contributed by atoms with E-state index in [2.05, 4.69) is 58.4 Å². The molecule has 0 unspecified atom stereocenters. The molecule has 0 aliphatic heterocycles. The summed E-state index contributed by atoms with van der Waals surface area (Å²) in [7, 11) is 3.87. The molecule has 1 aromatic heterocycles. The zero-order valence-corrected chi connectivity index (χ0v) is 13.6. The van der Waals surface area contributed by atoms with E-state index in [1.54, 1.807) is 0 Å². The predicted octanol–water partition coefficient (Wildman–Crippen LogP) is 2.64. The largest absolute Gasteiger partial charge is 0.356 e. The molecule has 0 saturated heterocycles. The first-order valence-electron chi connectivity index (χ1n) is 7.57. The van der Waals surface area contributed by atoms with E-state index in [1.165, 1.54) is 11.1 Å². The van der Waals surface area contributed by atoms with Gasteiger partial charge in [-0.15, -0.1) is 0 Å². The molecule has 0 saturated carbocycles. The molecular formula is C18H24N4. The second-order valence-corrected chi connectivity index (χ2v) is 5.33. The molecule has 22 heavy (non-hydrogen) atoms. The zero-order chi connectivity index (χ0) is 15.8. The van der Waals surface area contributed by atoms with Crippen LogP contribution >= 0.6 is 0 Å². The van der Waals surface area contributed by atoms with E-state index in [1.807, 2.05) is 31.4 Å². The van der Waals surface area contributed by atoms with Crippen molar-refractivity contribution in [3.8, 4) is 0 Å². The van der Waals surface area contributed by atoms with Crippen LogP contribution in [-0.2, 0) is 13.0 Å². The highest BCUT2D eigenvalue weighted by molar-refractivity contribution is 5.79. The van der Waals surface area contributed by atoms with Crippen molar-refractivity contribution in [1.29, 1.82) is 0 Å². The Kier molecular flexibility index (Phi) is 5.95. The number of aromatic nitrogens is 1. The lowest BCUT2D eigenvalue weighted by Gasteiger charge is -2.23. The molecule has 0 radical (unpaired) electrons. The first-order valence-corrected chi connectivity index (χ1v) is 7.57. The molecule has 0 amide bonds. The van der Waals surface area contributed by atoms with Gasteiger partial charge in [-0.05, 0) is 30.2 Å². The van der Waals surface area contributed by atoms with Gasteiger partial charge in [-0.25, -0.2) is 0 Å². The topological polar surface area (TPSA) is 40.5 Å². The average Bonchev–Trinajstić information content (AvgIpc) is 2.54. The Balaban J connectivity index is 1.87. The summed E-state index contributed by atoms with van der Waals surface area (Å²) in [6, 6.07) is 14.4. The van der Waals surface area contributed by atoms with E-state index in [0.29, 0.717) is 0 Å². The van der Waals surface area contributed by atoms with Crippen molar-refractivity contribution in [3.63, 3.8) is 0 Å². The highest BCUT2D eigenvalue weighted by Crippen LogP contribution is 2.09. The molecule has 2 rings (SSSR count). The Morgan fingerprint density at radius 3 is 2.64 bits per heavy atom. The molecule has 4 heteroatoms. The Labute approximate surface area is 132 Å². The number of nitrogens with zero attached hydrogens (tertiary/aromatic N) is 3. The molecule has 1 aromatic carbocycles. The molecular weight excluding hydrogens is 272 g/mol. The van der Waals surface area contributed by atoms with Crippen LogP contribution in [0.1, 0.15) is 16.8 Å². The summed E-state index contributed by atoms with van der Waals surface area (Å²) in [6.45, 7) is 3.80. The fourth-order valence-corrected chi connectivity index (χ4v) is 2.35. The molecule has 2 aromatic rings.